The molecule has 288 valence electrons. The molecule has 5 nitrogen and oxygen atoms in total. The van der Waals surface area contributed by atoms with Gasteiger partial charge in [-0.3, -0.25) is 4.79 Å². The van der Waals surface area contributed by atoms with Gasteiger partial charge in [0.25, 0.3) is 0 Å². The third-order valence-electron chi connectivity index (χ3n) is 9.65. The van der Waals surface area contributed by atoms with E-state index >= 15 is 0 Å². The van der Waals surface area contributed by atoms with Gasteiger partial charge in [-0.05, 0) is 57.8 Å². The first-order chi connectivity index (χ1) is 24.0. The van der Waals surface area contributed by atoms with Crippen LogP contribution in [-0.4, -0.2) is 46.1 Å². The molecule has 3 unspecified atom stereocenters. The zero-order valence-electron chi connectivity index (χ0n) is 32.6. The lowest BCUT2D eigenvalue weighted by Crippen LogP contribution is -2.45. The predicted octanol–water partition coefficient (Wildman–Crippen LogP) is 12.0. The van der Waals surface area contributed by atoms with Gasteiger partial charge in [-0.25, -0.2) is 0 Å². The van der Waals surface area contributed by atoms with Gasteiger partial charge in [-0.1, -0.05) is 185 Å². The molecule has 0 bridgehead atoms. The van der Waals surface area contributed by atoms with Gasteiger partial charge >= 0.3 is 0 Å². The first-order valence-electron chi connectivity index (χ1n) is 21.3. The van der Waals surface area contributed by atoms with E-state index in [2.05, 4.69) is 43.5 Å². The monoisotopic (exact) mass is 690 g/mol. The van der Waals surface area contributed by atoms with E-state index in [4.69, 9.17) is 0 Å². The lowest BCUT2D eigenvalue weighted by Gasteiger charge is -2.20. The average Bonchev–Trinajstić information content (AvgIpc) is 3.09. The Labute approximate surface area is 304 Å². The second-order valence-electron chi connectivity index (χ2n) is 14.6. The van der Waals surface area contributed by atoms with E-state index in [0.29, 0.717) is 6.42 Å². The SMILES string of the molecule is CCCCCCCC/C=C\CCCCCCCC(O)CC(=O)NC(CO)C(O)/C=C/CC/C=C/CCCCCCCCCCCCCCC. The van der Waals surface area contributed by atoms with Crippen molar-refractivity contribution in [2.45, 2.75) is 231 Å². The fraction of sp³-hybridized carbons (Fsp3) is 0.841. The van der Waals surface area contributed by atoms with Crippen LogP contribution in [-0.2, 0) is 4.79 Å². The van der Waals surface area contributed by atoms with Crippen LogP contribution in [0.2, 0.25) is 0 Å². The van der Waals surface area contributed by atoms with Gasteiger partial charge in [0.05, 0.1) is 31.3 Å². The van der Waals surface area contributed by atoms with E-state index in [1.165, 1.54) is 141 Å². The quantitative estimate of drug-likeness (QED) is 0.0384. The van der Waals surface area contributed by atoms with E-state index < -0.39 is 18.2 Å². The van der Waals surface area contributed by atoms with Crippen LogP contribution < -0.4 is 5.32 Å². The molecule has 49 heavy (non-hydrogen) atoms. The molecule has 0 heterocycles. The molecule has 0 aromatic rings. The Bertz CT molecular complexity index is 764. The Morgan fingerprint density at radius 2 is 0.878 bits per heavy atom. The van der Waals surface area contributed by atoms with Crippen molar-refractivity contribution < 1.29 is 20.1 Å². The second-order valence-corrected chi connectivity index (χ2v) is 14.6. The fourth-order valence-electron chi connectivity index (χ4n) is 6.35. The molecular weight excluding hydrogens is 606 g/mol. The number of rotatable bonds is 38. The number of carbonyl (C=O) groups is 1. The van der Waals surface area contributed by atoms with E-state index in [-0.39, 0.29) is 18.9 Å². The highest BCUT2D eigenvalue weighted by molar-refractivity contribution is 5.76. The third kappa shape index (κ3) is 36.2. The number of unbranched alkanes of at least 4 members (excludes halogenated alkanes) is 25. The molecule has 3 atom stereocenters. The van der Waals surface area contributed by atoms with Crippen molar-refractivity contribution in [1.82, 2.24) is 5.32 Å². The van der Waals surface area contributed by atoms with Gasteiger partial charge in [0.15, 0.2) is 0 Å². The summed E-state index contributed by atoms with van der Waals surface area (Å²) in [6.45, 7) is 4.19. The summed E-state index contributed by atoms with van der Waals surface area (Å²) in [5, 5.41) is 33.1. The van der Waals surface area contributed by atoms with Crippen molar-refractivity contribution in [3.8, 4) is 0 Å². The number of amides is 1. The number of allylic oxidation sites excluding steroid dienone is 5. The number of nitrogens with one attached hydrogen (secondary N) is 1. The molecule has 0 spiro atoms. The van der Waals surface area contributed by atoms with Crippen molar-refractivity contribution >= 4 is 5.91 Å². The van der Waals surface area contributed by atoms with Crippen molar-refractivity contribution in [3.63, 3.8) is 0 Å². The molecule has 0 aliphatic carbocycles. The molecule has 0 fully saturated rings. The molecule has 0 aromatic heterocycles. The van der Waals surface area contributed by atoms with Crippen LogP contribution in [0.1, 0.15) is 213 Å². The minimum absolute atomic E-state index is 0.000379. The first-order valence-corrected chi connectivity index (χ1v) is 21.3. The lowest BCUT2D eigenvalue weighted by molar-refractivity contribution is -0.124. The lowest BCUT2D eigenvalue weighted by atomic mass is 10.0. The van der Waals surface area contributed by atoms with Gasteiger partial charge < -0.3 is 20.6 Å². The first kappa shape index (κ1) is 47.6. The average molecular weight is 690 g/mol. The Kier molecular flexibility index (Phi) is 38.2. The summed E-state index contributed by atoms with van der Waals surface area (Å²) in [6, 6.07) is -0.762. The highest BCUT2D eigenvalue weighted by atomic mass is 16.3. The molecule has 0 rings (SSSR count). The second kappa shape index (κ2) is 39.4. The number of hydrogen-bond acceptors (Lipinski definition) is 4. The van der Waals surface area contributed by atoms with Gasteiger partial charge in [0.1, 0.15) is 0 Å². The van der Waals surface area contributed by atoms with Gasteiger partial charge in [0.2, 0.25) is 5.91 Å². The number of aliphatic hydroxyl groups excluding tert-OH is 3. The Morgan fingerprint density at radius 1 is 0.510 bits per heavy atom. The predicted molar refractivity (Wildman–Crippen MR) is 213 cm³/mol. The summed E-state index contributed by atoms with van der Waals surface area (Å²) in [4.78, 5) is 12.4. The molecule has 0 aromatic carbocycles. The maximum atomic E-state index is 12.4. The van der Waals surface area contributed by atoms with E-state index in [1.54, 1.807) is 6.08 Å². The topological polar surface area (TPSA) is 89.8 Å². The van der Waals surface area contributed by atoms with Gasteiger partial charge in [-0.15, -0.1) is 0 Å². The van der Waals surface area contributed by atoms with Crippen molar-refractivity contribution in [2.75, 3.05) is 6.61 Å². The van der Waals surface area contributed by atoms with Crippen LogP contribution >= 0.6 is 0 Å². The van der Waals surface area contributed by atoms with Crippen LogP contribution in [0.3, 0.4) is 0 Å². The van der Waals surface area contributed by atoms with Crippen molar-refractivity contribution in [3.05, 3.63) is 36.5 Å². The zero-order chi connectivity index (χ0) is 35.9. The standard InChI is InChI=1S/C44H83NO4/c1-3-5-7-9-11-13-15-17-19-20-21-22-24-26-28-30-32-34-36-38-43(48)42(40-46)45-44(49)39-41(47)37-35-33-31-29-27-25-23-18-16-14-12-10-8-6-4-2/h18,23,28,30,36,38,41-43,46-48H,3-17,19-22,24-27,29,31-35,37,39-40H2,1-2H3,(H,45,49)/b23-18-,30-28+,38-36+. The zero-order valence-corrected chi connectivity index (χ0v) is 32.6. The van der Waals surface area contributed by atoms with Gasteiger partial charge in [0, 0.05) is 0 Å². The summed E-state index contributed by atoms with van der Waals surface area (Å²) >= 11 is 0. The number of carbonyl (C=O) groups excluding carboxylic acids is 1. The van der Waals surface area contributed by atoms with Crippen LogP contribution in [0.25, 0.3) is 0 Å². The molecule has 1 amide bonds. The smallest absolute Gasteiger partial charge is 0.222 e. The fourth-order valence-corrected chi connectivity index (χ4v) is 6.35. The number of hydrogen-bond donors (Lipinski definition) is 4. The van der Waals surface area contributed by atoms with Crippen LogP contribution in [0, 0.1) is 0 Å². The largest absolute Gasteiger partial charge is 0.394 e. The summed E-state index contributed by atoms with van der Waals surface area (Å²) in [5.74, 6) is -0.331. The van der Waals surface area contributed by atoms with E-state index in [1.807, 2.05) is 6.08 Å². The minimum atomic E-state index is -0.953. The molecule has 5 heteroatoms. The third-order valence-corrected chi connectivity index (χ3v) is 9.65. The minimum Gasteiger partial charge on any atom is -0.394 e. The van der Waals surface area contributed by atoms with Crippen molar-refractivity contribution in [2.24, 2.45) is 0 Å². The number of aliphatic hydroxyl groups is 3. The summed E-state index contributed by atoms with van der Waals surface area (Å²) in [5.41, 5.74) is 0. The molecule has 0 aliphatic rings. The van der Waals surface area contributed by atoms with Crippen LogP contribution in [0.5, 0.6) is 0 Å². The normalized spacial score (nSPS) is 14.0. The molecule has 4 N–H and O–H groups in total. The maximum Gasteiger partial charge on any atom is 0.222 e. The van der Waals surface area contributed by atoms with E-state index in [9.17, 15) is 20.1 Å². The van der Waals surface area contributed by atoms with Gasteiger partial charge in [-0.2, -0.15) is 0 Å². The molecule has 0 aliphatic heterocycles. The molecule has 0 saturated heterocycles. The molecule has 0 radical (unpaired) electrons. The summed E-state index contributed by atoms with van der Waals surface area (Å²) < 4.78 is 0. The Balaban J connectivity index is 3.74. The van der Waals surface area contributed by atoms with E-state index in [0.717, 1.165) is 44.9 Å². The molecule has 0 saturated carbocycles. The maximum absolute atomic E-state index is 12.4. The Morgan fingerprint density at radius 3 is 1.31 bits per heavy atom. The highest BCUT2D eigenvalue weighted by Gasteiger charge is 2.20. The summed E-state index contributed by atoms with van der Waals surface area (Å²) in [7, 11) is 0. The summed E-state index contributed by atoms with van der Waals surface area (Å²) in [6.07, 6.45) is 48.5. The molecular formula is C44H83NO4. The van der Waals surface area contributed by atoms with Crippen LogP contribution in [0.4, 0.5) is 0 Å². The van der Waals surface area contributed by atoms with Crippen LogP contribution in [0.15, 0.2) is 36.5 Å². The highest BCUT2D eigenvalue weighted by Crippen LogP contribution is 2.14. The Hall–Kier alpha value is -1.43. The van der Waals surface area contributed by atoms with Crippen molar-refractivity contribution in [1.29, 1.82) is 0 Å².